The number of hydrogen-bond donors (Lipinski definition) is 5. The zero-order valence-corrected chi connectivity index (χ0v) is 26.6. The predicted octanol–water partition coefficient (Wildman–Crippen LogP) is 1.21. The Kier molecular flexibility index (Phi) is 9.72. The number of Topliss-reactive ketones (excluding diaryl/α,β-unsaturated/α-hetero) is 1. The number of aliphatic hydroxyl groups excluding tert-OH is 1. The molecule has 14 heteroatoms. The second kappa shape index (κ2) is 13.3. The summed E-state index contributed by atoms with van der Waals surface area (Å²) < 4.78 is 28.0. The molecule has 8 atom stereocenters. The quantitative estimate of drug-likeness (QED) is 0.195. The van der Waals surface area contributed by atoms with Crippen LogP contribution in [0.4, 0.5) is 0 Å². The lowest BCUT2D eigenvalue weighted by molar-refractivity contribution is -0.250. The Morgan fingerprint density at radius 2 is 1.85 bits per heavy atom. The standard InChI is InChI=1S/C33H38N2O12/c1-14-28(37)18(35-19(12-34)22(45-5)13-43-3)9-23(46-14)47-21-11-33(42,15(2)36)10-17-25(21)32(41)27-26(30(17)39)29(38)16-7-6-8-20(44-4)24(16)31(27)40/h6-8,14,18-19,21-23,28,35,37,39,41-42H,9-11,13H2,1-5H3/t14?,18?,19?,21-,22?,23?,28?,33-/m0/s1. The first kappa shape index (κ1) is 34.4. The topological polar surface area (TPSA) is 214 Å². The highest BCUT2D eigenvalue weighted by molar-refractivity contribution is 6.31. The zero-order chi connectivity index (χ0) is 34.4. The van der Waals surface area contributed by atoms with Crippen LogP contribution >= 0.6 is 0 Å². The first-order chi connectivity index (χ1) is 22.3. The van der Waals surface area contributed by atoms with E-state index in [9.17, 15) is 40.1 Å². The molecular weight excluding hydrogens is 616 g/mol. The summed E-state index contributed by atoms with van der Waals surface area (Å²) in [5.74, 6) is -3.39. The van der Waals surface area contributed by atoms with E-state index in [1.807, 2.05) is 0 Å². The number of aliphatic hydroxyl groups is 2. The van der Waals surface area contributed by atoms with E-state index >= 15 is 0 Å². The number of nitrogens with one attached hydrogen (secondary N) is 1. The minimum atomic E-state index is -2.08. The maximum atomic E-state index is 13.9. The molecule has 2 aliphatic carbocycles. The molecular formula is C33H38N2O12. The van der Waals surface area contributed by atoms with Crippen LogP contribution in [0.15, 0.2) is 18.2 Å². The van der Waals surface area contributed by atoms with Crippen molar-refractivity contribution in [2.24, 2.45) is 0 Å². The maximum Gasteiger partial charge on any atom is 0.202 e. The largest absolute Gasteiger partial charge is 0.507 e. The molecule has 0 amide bonds. The monoisotopic (exact) mass is 654 g/mol. The van der Waals surface area contributed by atoms with Crippen molar-refractivity contribution >= 4 is 17.3 Å². The number of ketones is 3. The number of methoxy groups -OCH3 is 3. The fourth-order valence-electron chi connectivity index (χ4n) is 6.71. The summed E-state index contributed by atoms with van der Waals surface area (Å²) in [7, 11) is 4.22. The molecule has 5 N–H and O–H groups in total. The van der Waals surface area contributed by atoms with Crippen molar-refractivity contribution in [2.75, 3.05) is 27.9 Å². The first-order valence-electron chi connectivity index (χ1n) is 15.1. The highest BCUT2D eigenvalue weighted by Crippen LogP contribution is 2.52. The van der Waals surface area contributed by atoms with Crippen LogP contribution in [0.2, 0.25) is 0 Å². The molecule has 1 heterocycles. The normalized spacial score (nSPS) is 28.0. The number of carbonyl (C=O) groups is 3. The molecule has 6 unspecified atom stereocenters. The van der Waals surface area contributed by atoms with E-state index < -0.39 is 101 Å². The van der Waals surface area contributed by atoms with Gasteiger partial charge in [0.25, 0.3) is 0 Å². The van der Waals surface area contributed by atoms with Crippen molar-refractivity contribution < 1.29 is 58.5 Å². The van der Waals surface area contributed by atoms with E-state index in [1.165, 1.54) is 46.5 Å². The molecule has 0 bridgehead atoms. The number of phenols is 2. The SMILES string of the molecule is COCC(OC)C(C#N)NC1CC(O[C@H]2C[C@](O)(C(C)=O)Cc3c(O)c4c(c(O)c32)C(=O)c2c(OC)cccc2C4=O)OC(C)C1O. The molecule has 1 aliphatic heterocycles. The average Bonchev–Trinajstić information content (AvgIpc) is 3.04. The van der Waals surface area contributed by atoms with Crippen molar-refractivity contribution in [1.82, 2.24) is 5.32 Å². The van der Waals surface area contributed by atoms with Gasteiger partial charge in [0.05, 0.1) is 54.8 Å². The van der Waals surface area contributed by atoms with Crippen LogP contribution in [-0.2, 0) is 30.2 Å². The Balaban J connectivity index is 1.56. The summed E-state index contributed by atoms with van der Waals surface area (Å²) in [4.78, 5) is 40.3. The van der Waals surface area contributed by atoms with Gasteiger partial charge in [-0.25, -0.2) is 0 Å². The lowest BCUT2D eigenvalue weighted by Crippen LogP contribution is -2.58. The molecule has 2 aromatic rings. The molecule has 47 heavy (non-hydrogen) atoms. The number of fused-ring (bicyclic) bond motifs is 3. The average molecular weight is 655 g/mol. The second-order valence-corrected chi connectivity index (χ2v) is 12.1. The van der Waals surface area contributed by atoms with Crippen LogP contribution < -0.4 is 10.1 Å². The number of ether oxygens (including phenoxy) is 5. The molecule has 1 fully saturated rings. The summed E-state index contributed by atoms with van der Waals surface area (Å²) in [6.07, 6.45) is -5.92. The summed E-state index contributed by atoms with van der Waals surface area (Å²) in [5, 5.41) is 58.5. The molecule has 0 aromatic heterocycles. The van der Waals surface area contributed by atoms with Gasteiger partial charge in [-0.3, -0.25) is 19.7 Å². The number of carbonyl (C=O) groups excluding carboxylic acids is 3. The van der Waals surface area contributed by atoms with Gasteiger partial charge >= 0.3 is 0 Å². The highest BCUT2D eigenvalue weighted by atomic mass is 16.7. The van der Waals surface area contributed by atoms with Gasteiger partial charge in [0.15, 0.2) is 17.9 Å². The summed E-state index contributed by atoms with van der Waals surface area (Å²) in [5.41, 5.74) is -3.34. The number of benzene rings is 2. The third-order valence-corrected chi connectivity index (χ3v) is 9.29. The van der Waals surface area contributed by atoms with E-state index in [-0.39, 0.29) is 41.0 Å². The van der Waals surface area contributed by atoms with Crippen LogP contribution in [0.1, 0.15) is 75.8 Å². The smallest absolute Gasteiger partial charge is 0.202 e. The number of aromatic hydroxyl groups is 2. The molecule has 1 saturated heterocycles. The molecule has 5 rings (SSSR count). The van der Waals surface area contributed by atoms with Crippen LogP contribution in [-0.4, -0.2) is 108 Å². The Hall–Kier alpha value is -3.94. The van der Waals surface area contributed by atoms with Gasteiger partial charge in [-0.05, 0) is 19.9 Å². The molecule has 2 aromatic carbocycles. The maximum absolute atomic E-state index is 13.9. The number of hydrogen-bond acceptors (Lipinski definition) is 14. The molecule has 0 saturated carbocycles. The fourth-order valence-corrected chi connectivity index (χ4v) is 6.71. The van der Waals surface area contributed by atoms with Crippen molar-refractivity contribution in [3.8, 4) is 23.3 Å². The molecule has 0 spiro atoms. The van der Waals surface area contributed by atoms with Gasteiger partial charge < -0.3 is 44.1 Å². The van der Waals surface area contributed by atoms with Crippen LogP contribution in [0.25, 0.3) is 0 Å². The van der Waals surface area contributed by atoms with Crippen LogP contribution in [0.3, 0.4) is 0 Å². The predicted molar refractivity (Wildman–Crippen MR) is 161 cm³/mol. The number of phenolic OH excluding ortho intramolecular Hbond substituents is 2. The van der Waals surface area contributed by atoms with E-state index in [2.05, 4.69) is 11.4 Å². The minimum absolute atomic E-state index is 0.0306. The first-order valence-corrected chi connectivity index (χ1v) is 15.1. The van der Waals surface area contributed by atoms with Gasteiger partial charge in [0.2, 0.25) is 5.78 Å². The Morgan fingerprint density at radius 3 is 2.47 bits per heavy atom. The van der Waals surface area contributed by atoms with Crippen molar-refractivity contribution in [2.45, 2.75) is 81.5 Å². The third kappa shape index (κ3) is 5.89. The minimum Gasteiger partial charge on any atom is -0.507 e. The van der Waals surface area contributed by atoms with Crippen molar-refractivity contribution in [1.29, 1.82) is 5.26 Å². The fraction of sp³-hybridized carbons (Fsp3) is 0.515. The number of rotatable bonds is 10. The van der Waals surface area contributed by atoms with Gasteiger partial charge in [-0.2, -0.15) is 5.26 Å². The van der Waals surface area contributed by atoms with E-state index in [4.69, 9.17) is 23.7 Å². The molecule has 14 nitrogen and oxygen atoms in total. The van der Waals surface area contributed by atoms with Gasteiger partial charge in [-0.15, -0.1) is 0 Å². The van der Waals surface area contributed by atoms with Gasteiger partial charge in [-0.1, -0.05) is 12.1 Å². The van der Waals surface area contributed by atoms with Crippen molar-refractivity contribution in [3.63, 3.8) is 0 Å². The number of nitrogens with zero attached hydrogens (tertiary/aromatic N) is 1. The molecule has 3 aliphatic rings. The third-order valence-electron chi connectivity index (χ3n) is 9.29. The highest BCUT2D eigenvalue weighted by Gasteiger charge is 2.49. The lowest BCUT2D eigenvalue weighted by Gasteiger charge is -2.43. The Morgan fingerprint density at radius 1 is 1.15 bits per heavy atom. The zero-order valence-electron chi connectivity index (χ0n) is 26.6. The second-order valence-electron chi connectivity index (χ2n) is 12.1. The van der Waals surface area contributed by atoms with Crippen LogP contribution in [0, 0.1) is 11.3 Å². The molecule has 0 radical (unpaired) electrons. The number of nitriles is 1. The van der Waals surface area contributed by atoms with E-state index in [1.54, 1.807) is 6.92 Å². The van der Waals surface area contributed by atoms with E-state index in [0.29, 0.717) is 0 Å². The van der Waals surface area contributed by atoms with Gasteiger partial charge in [0, 0.05) is 56.2 Å². The van der Waals surface area contributed by atoms with Crippen LogP contribution in [0.5, 0.6) is 17.2 Å². The summed E-state index contributed by atoms with van der Waals surface area (Å²) >= 11 is 0. The Bertz CT molecular complexity index is 1640. The van der Waals surface area contributed by atoms with E-state index in [0.717, 1.165) is 0 Å². The Labute approximate surface area is 270 Å². The van der Waals surface area contributed by atoms with Gasteiger partial charge in [0.1, 0.15) is 35.0 Å². The molecule has 252 valence electrons. The lowest BCUT2D eigenvalue weighted by atomic mass is 9.72. The van der Waals surface area contributed by atoms with Crippen molar-refractivity contribution in [3.05, 3.63) is 51.6 Å². The summed E-state index contributed by atoms with van der Waals surface area (Å²) in [6, 6.07) is 4.86. The summed E-state index contributed by atoms with van der Waals surface area (Å²) in [6.45, 7) is 2.86.